The fourth-order valence-corrected chi connectivity index (χ4v) is 3.23. The summed E-state index contributed by atoms with van der Waals surface area (Å²) in [7, 11) is 0. The summed E-state index contributed by atoms with van der Waals surface area (Å²) in [5.74, 6) is 0.0499. The molecular weight excluding hydrogens is 432 g/mol. The molecule has 0 aliphatic rings. The summed E-state index contributed by atoms with van der Waals surface area (Å²) in [6.07, 6.45) is 0.924. The topological polar surface area (TPSA) is 67.4 Å². The Balaban J connectivity index is 1.58. The zero-order valence-corrected chi connectivity index (χ0v) is 17.5. The number of rotatable bonds is 7. The van der Waals surface area contributed by atoms with E-state index in [9.17, 15) is 9.59 Å². The van der Waals surface area contributed by atoms with Crippen LogP contribution in [0.1, 0.15) is 22.8 Å². The number of carbonyl (C=O) groups excluding carboxylic acids is 2. The van der Waals surface area contributed by atoms with Gasteiger partial charge in [0.15, 0.2) is 6.61 Å². The maximum Gasteiger partial charge on any atom is 0.262 e. The molecule has 0 aliphatic carbocycles. The van der Waals surface area contributed by atoms with Gasteiger partial charge in [-0.25, -0.2) is 0 Å². The van der Waals surface area contributed by atoms with E-state index in [1.807, 2.05) is 48.5 Å². The van der Waals surface area contributed by atoms with Gasteiger partial charge < -0.3 is 15.4 Å². The molecule has 3 aromatic rings. The largest absolute Gasteiger partial charge is 0.483 e. The minimum absolute atomic E-state index is 0.134. The first kappa shape index (κ1) is 20.6. The van der Waals surface area contributed by atoms with Crippen molar-refractivity contribution in [2.45, 2.75) is 13.3 Å². The van der Waals surface area contributed by atoms with Gasteiger partial charge in [-0.05, 0) is 70.4 Å². The first-order chi connectivity index (χ1) is 14.0. The van der Waals surface area contributed by atoms with Crippen LogP contribution < -0.4 is 15.4 Å². The average Bonchev–Trinajstić information content (AvgIpc) is 2.73. The number of amides is 2. The number of anilines is 2. The van der Waals surface area contributed by atoms with Crippen molar-refractivity contribution in [2.75, 3.05) is 17.2 Å². The van der Waals surface area contributed by atoms with E-state index < -0.39 is 0 Å². The fourth-order valence-electron chi connectivity index (χ4n) is 2.68. The molecule has 0 atom stereocenters. The zero-order chi connectivity index (χ0) is 20.6. The molecule has 0 heterocycles. The van der Waals surface area contributed by atoms with Crippen LogP contribution in [0.4, 0.5) is 11.4 Å². The maximum atomic E-state index is 12.4. The van der Waals surface area contributed by atoms with E-state index in [0.717, 1.165) is 10.9 Å². The molecule has 0 saturated carbocycles. The Labute approximate surface area is 178 Å². The fraction of sp³-hybridized carbons (Fsp3) is 0.130. The van der Waals surface area contributed by atoms with E-state index in [1.54, 1.807) is 24.3 Å². The van der Waals surface area contributed by atoms with Crippen molar-refractivity contribution in [3.05, 3.63) is 88.4 Å². The summed E-state index contributed by atoms with van der Waals surface area (Å²) in [6, 6.07) is 21.7. The lowest BCUT2D eigenvalue weighted by Crippen LogP contribution is -2.20. The van der Waals surface area contributed by atoms with E-state index >= 15 is 0 Å². The summed E-state index contributed by atoms with van der Waals surface area (Å²) >= 11 is 3.46. The molecule has 0 fully saturated rings. The van der Waals surface area contributed by atoms with Crippen LogP contribution >= 0.6 is 15.9 Å². The van der Waals surface area contributed by atoms with E-state index in [1.165, 1.54) is 5.56 Å². The van der Waals surface area contributed by atoms with Crippen molar-refractivity contribution in [3.63, 3.8) is 0 Å². The number of aryl methyl sites for hydroxylation is 1. The highest BCUT2D eigenvalue weighted by atomic mass is 79.9. The summed E-state index contributed by atoms with van der Waals surface area (Å²) < 4.78 is 6.40. The van der Waals surface area contributed by atoms with Crippen molar-refractivity contribution in [3.8, 4) is 5.75 Å². The second-order valence-corrected chi connectivity index (χ2v) is 7.21. The van der Waals surface area contributed by atoms with Crippen molar-refractivity contribution < 1.29 is 14.3 Å². The molecule has 2 amide bonds. The van der Waals surface area contributed by atoms with Crippen LogP contribution in [0.15, 0.2) is 77.3 Å². The highest BCUT2D eigenvalue weighted by Crippen LogP contribution is 2.26. The minimum atomic E-state index is -0.308. The van der Waals surface area contributed by atoms with Crippen LogP contribution in [-0.4, -0.2) is 18.4 Å². The van der Waals surface area contributed by atoms with Crippen molar-refractivity contribution >= 4 is 39.1 Å². The molecule has 5 nitrogen and oxygen atoms in total. The molecule has 2 N–H and O–H groups in total. The SMILES string of the molecule is CCc1ccc(OCC(=O)Nc2cccc(C(=O)Nc3ccccc3)c2)c(Br)c1. The van der Waals surface area contributed by atoms with E-state index in [-0.39, 0.29) is 18.4 Å². The molecule has 0 bridgehead atoms. The number of para-hydroxylation sites is 1. The number of carbonyl (C=O) groups is 2. The maximum absolute atomic E-state index is 12.4. The Morgan fingerprint density at radius 3 is 2.38 bits per heavy atom. The van der Waals surface area contributed by atoms with Gasteiger partial charge in [0.05, 0.1) is 4.47 Å². The Morgan fingerprint density at radius 1 is 0.897 bits per heavy atom. The Kier molecular flexibility index (Phi) is 7.03. The third-order valence-electron chi connectivity index (χ3n) is 4.20. The van der Waals surface area contributed by atoms with Gasteiger partial charge in [-0.2, -0.15) is 0 Å². The number of hydrogen-bond acceptors (Lipinski definition) is 3. The summed E-state index contributed by atoms with van der Waals surface area (Å²) in [5, 5.41) is 5.57. The summed E-state index contributed by atoms with van der Waals surface area (Å²) in [6.45, 7) is 1.94. The molecule has 6 heteroatoms. The molecule has 0 radical (unpaired) electrons. The van der Waals surface area contributed by atoms with Gasteiger partial charge in [-0.1, -0.05) is 37.3 Å². The molecule has 3 rings (SSSR count). The highest BCUT2D eigenvalue weighted by Gasteiger charge is 2.10. The second-order valence-electron chi connectivity index (χ2n) is 6.36. The number of nitrogens with one attached hydrogen (secondary N) is 2. The van der Waals surface area contributed by atoms with Crippen LogP contribution in [-0.2, 0) is 11.2 Å². The average molecular weight is 453 g/mol. The molecule has 0 aliphatic heterocycles. The Bertz CT molecular complexity index is 1010. The molecule has 0 aromatic heterocycles. The predicted molar refractivity (Wildman–Crippen MR) is 118 cm³/mol. The monoisotopic (exact) mass is 452 g/mol. The smallest absolute Gasteiger partial charge is 0.262 e. The van der Waals surface area contributed by atoms with Gasteiger partial charge in [0.2, 0.25) is 0 Å². The van der Waals surface area contributed by atoms with Crippen LogP contribution in [0.5, 0.6) is 5.75 Å². The van der Waals surface area contributed by atoms with E-state index in [4.69, 9.17) is 4.74 Å². The Hall–Kier alpha value is -3.12. The lowest BCUT2D eigenvalue weighted by atomic mass is 10.2. The number of ether oxygens (including phenoxy) is 1. The normalized spacial score (nSPS) is 10.3. The summed E-state index contributed by atoms with van der Waals surface area (Å²) in [4.78, 5) is 24.6. The van der Waals surface area contributed by atoms with Gasteiger partial charge in [0.25, 0.3) is 11.8 Å². The first-order valence-electron chi connectivity index (χ1n) is 9.22. The molecule has 148 valence electrons. The van der Waals surface area contributed by atoms with Gasteiger partial charge in [-0.3, -0.25) is 9.59 Å². The molecule has 29 heavy (non-hydrogen) atoms. The standard InChI is InChI=1S/C23H21BrN2O3/c1-2-16-11-12-21(20(24)13-16)29-15-22(27)25-19-10-6-7-17(14-19)23(28)26-18-8-4-3-5-9-18/h3-14H,2,15H2,1H3,(H,25,27)(H,26,28). The van der Waals surface area contributed by atoms with Crippen LogP contribution in [0.2, 0.25) is 0 Å². The Morgan fingerprint density at radius 2 is 1.66 bits per heavy atom. The predicted octanol–water partition coefficient (Wildman–Crippen LogP) is 5.28. The van der Waals surface area contributed by atoms with Gasteiger partial charge >= 0.3 is 0 Å². The van der Waals surface area contributed by atoms with Crippen LogP contribution in [0, 0.1) is 0 Å². The van der Waals surface area contributed by atoms with Gasteiger partial charge in [0.1, 0.15) is 5.75 Å². The number of halogens is 1. The van der Waals surface area contributed by atoms with Crippen molar-refractivity contribution in [2.24, 2.45) is 0 Å². The molecule has 0 unspecified atom stereocenters. The highest BCUT2D eigenvalue weighted by molar-refractivity contribution is 9.10. The summed E-state index contributed by atoms with van der Waals surface area (Å²) in [5.41, 5.74) is 2.87. The van der Waals surface area contributed by atoms with Crippen molar-refractivity contribution in [1.82, 2.24) is 0 Å². The minimum Gasteiger partial charge on any atom is -0.483 e. The number of hydrogen-bond donors (Lipinski definition) is 2. The lowest BCUT2D eigenvalue weighted by molar-refractivity contribution is -0.118. The van der Waals surface area contributed by atoms with Crippen LogP contribution in [0.25, 0.3) is 0 Å². The molecule has 0 spiro atoms. The van der Waals surface area contributed by atoms with Gasteiger partial charge in [-0.15, -0.1) is 0 Å². The van der Waals surface area contributed by atoms with E-state index in [2.05, 4.69) is 33.5 Å². The number of benzene rings is 3. The molecule has 0 saturated heterocycles. The third-order valence-corrected chi connectivity index (χ3v) is 4.82. The zero-order valence-electron chi connectivity index (χ0n) is 15.9. The van der Waals surface area contributed by atoms with Crippen molar-refractivity contribution in [1.29, 1.82) is 0 Å². The molecular formula is C23H21BrN2O3. The third kappa shape index (κ3) is 5.93. The van der Waals surface area contributed by atoms with E-state index in [0.29, 0.717) is 22.7 Å². The lowest BCUT2D eigenvalue weighted by Gasteiger charge is -2.11. The second kappa shape index (κ2) is 9.89. The molecule has 3 aromatic carbocycles. The van der Waals surface area contributed by atoms with Crippen LogP contribution in [0.3, 0.4) is 0 Å². The quantitative estimate of drug-likeness (QED) is 0.512. The first-order valence-corrected chi connectivity index (χ1v) is 10.0. The van der Waals surface area contributed by atoms with Gasteiger partial charge in [0, 0.05) is 16.9 Å².